The lowest BCUT2D eigenvalue weighted by atomic mass is 10.1. The summed E-state index contributed by atoms with van der Waals surface area (Å²) >= 11 is 0. The molecule has 0 aromatic heterocycles. The molecule has 3 aromatic carbocycles. The molecule has 0 aliphatic heterocycles. The molecule has 0 saturated heterocycles. The second-order valence-corrected chi connectivity index (χ2v) is 8.04. The number of anilines is 1. The van der Waals surface area contributed by atoms with Gasteiger partial charge in [0, 0.05) is 25.1 Å². The van der Waals surface area contributed by atoms with Crippen molar-refractivity contribution in [1.82, 2.24) is 5.32 Å². The SMILES string of the molecule is CC.CCc1ccc(CCNC(=O)CCCC(=O)Nc2ccc(/C=C/c3ccccc3)cc2)cc1. The van der Waals surface area contributed by atoms with E-state index in [1.165, 1.54) is 11.1 Å². The van der Waals surface area contributed by atoms with E-state index in [9.17, 15) is 9.59 Å². The molecule has 35 heavy (non-hydrogen) atoms. The van der Waals surface area contributed by atoms with Gasteiger partial charge in [0.15, 0.2) is 0 Å². The maximum Gasteiger partial charge on any atom is 0.224 e. The zero-order chi connectivity index (χ0) is 25.3. The third-order valence-corrected chi connectivity index (χ3v) is 5.44. The summed E-state index contributed by atoms with van der Waals surface area (Å²) < 4.78 is 0. The third kappa shape index (κ3) is 10.9. The van der Waals surface area contributed by atoms with Gasteiger partial charge in [-0.25, -0.2) is 0 Å². The van der Waals surface area contributed by atoms with Crippen molar-refractivity contribution >= 4 is 29.7 Å². The summed E-state index contributed by atoms with van der Waals surface area (Å²) in [5, 5.41) is 5.83. The molecule has 0 spiro atoms. The highest BCUT2D eigenvalue weighted by Gasteiger charge is 2.06. The van der Waals surface area contributed by atoms with E-state index in [4.69, 9.17) is 0 Å². The van der Waals surface area contributed by atoms with Gasteiger partial charge in [0.2, 0.25) is 11.8 Å². The van der Waals surface area contributed by atoms with Crippen LogP contribution in [-0.4, -0.2) is 18.4 Å². The Morgan fingerprint density at radius 2 is 1.29 bits per heavy atom. The van der Waals surface area contributed by atoms with Crippen LogP contribution in [0.3, 0.4) is 0 Å². The van der Waals surface area contributed by atoms with E-state index in [1.54, 1.807) is 0 Å². The number of rotatable bonds is 11. The summed E-state index contributed by atoms with van der Waals surface area (Å²) in [6.45, 7) is 6.75. The molecule has 0 unspecified atom stereocenters. The molecule has 4 nitrogen and oxygen atoms in total. The van der Waals surface area contributed by atoms with Crippen molar-refractivity contribution < 1.29 is 9.59 Å². The minimum atomic E-state index is -0.0774. The fourth-order valence-corrected chi connectivity index (χ4v) is 3.44. The van der Waals surface area contributed by atoms with Gasteiger partial charge in [0.1, 0.15) is 0 Å². The van der Waals surface area contributed by atoms with E-state index >= 15 is 0 Å². The first-order chi connectivity index (χ1) is 17.1. The zero-order valence-electron chi connectivity index (χ0n) is 21.2. The minimum Gasteiger partial charge on any atom is -0.356 e. The van der Waals surface area contributed by atoms with Gasteiger partial charge in [-0.2, -0.15) is 0 Å². The summed E-state index contributed by atoms with van der Waals surface area (Å²) in [4.78, 5) is 24.2. The number of aryl methyl sites for hydroxylation is 1. The van der Waals surface area contributed by atoms with Gasteiger partial charge in [-0.3, -0.25) is 9.59 Å². The maximum absolute atomic E-state index is 12.2. The summed E-state index contributed by atoms with van der Waals surface area (Å²) in [7, 11) is 0. The lowest BCUT2D eigenvalue weighted by Crippen LogP contribution is -2.25. The number of hydrogen-bond acceptors (Lipinski definition) is 2. The fourth-order valence-electron chi connectivity index (χ4n) is 3.44. The Balaban J connectivity index is 0.00000210. The molecule has 2 amide bonds. The molecule has 0 heterocycles. The summed E-state index contributed by atoms with van der Waals surface area (Å²) in [6.07, 6.45) is 7.14. The van der Waals surface area contributed by atoms with Gasteiger partial charge in [-0.1, -0.05) is 99.7 Å². The quantitative estimate of drug-likeness (QED) is 0.299. The number of carbonyl (C=O) groups is 2. The Labute approximate surface area is 210 Å². The molecular formula is C31H38N2O2. The number of amides is 2. The molecule has 2 N–H and O–H groups in total. The zero-order valence-corrected chi connectivity index (χ0v) is 21.2. The number of benzene rings is 3. The Morgan fingerprint density at radius 1 is 0.714 bits per heavy atom. The minimum absolute atomic E-state index is 0.0115. The third-order valence-electron chi connectivity index (χ3n) is 5.44. The highest BCUT2D eigenvalue weighted by Crippen LogP contribution is 2.13. The van der Waals surface area contributed by atoms with Crippen molar-refractivity contribution in [1.29, 1.82) is 0 Å². The Bertz CT molecular complexity index is 1040. The molecule has 0 aliphatic rings. The van der Waals surface area contributed by atoms with E-state index in [-0.39, 0.29) is 11.8 Å². The molecule has 0 radical (unpaired) electrons. The first kappa shape index (κ1) is 27.6. The van der Waals surface area contributed by atoms with Gasteiger partial charge < -0.3 is 10.6 Å². The average molecular weight is 471 g/mol. The van der Waals surface area contributed by atoms with Gasteiger partial charge in [-0.05, 0) is 53.6 Å². The largest absolute Gasteiger partial charge is 0.356 e. The fraction of sp³-hybridized carbons (Fsp3) is 0.290. The molecule has 3 aromatic rings. The lowest BCUT2D eigenvalue weighted by molar-refractivity contribution is -0.121. The molecule has 4 heteroatoms. The molecule has 0 saturated carbocycles. The normalized spacial score (nSPS) is 10.4. The van der Waals surface area contributed by atoms with E-state index < -0.39 is 0 Å². The summed E-state index contributed by atoms with van der Waals surface area (Å²) in [6, 6.07) is 26.3. The van der Waals surface area contributed by atoms with Crippen molar-refractivity contribution in [3.8, 4) is 0 Å². The molecule has 0 aliphatic carbocycles. The molecular weight excluding hydrogens is 432 g/mol. The van der Waals surface area contributed by atoms with E-state index in [0.29, 0.717) is 25.8 Å². The standard InChI is InChI=1S/C29H32N2O2.C2H6/c1-2-23-11-13-26(14-12-23)21-22-30-28(32)9-6-10-29(33)31-27-19-17-25(18-20-27)16-15-24-7-4-3-5-8-24;1-2/h3-5,7-8,11-20H,2,6,9-10,21-22H2,1H3,(H,30,32)(H,31,33);1-2H3/b16-15+;. The lowest BCUT2D eigenvalue weighted by Gasteiger charge is -2.07. The van der Waals surface area contributed by atoms with Crippen LogP contribution in [0, 0.1) is 0 Å². The molecule has 0 fully saturated rings. The highest BCUT2D eigenvalue weighted by molar-refractivity contribution is 5.91. The van der Waals surface area contributed by atoms with Crippen LogP contribution >= 0.6 is 0 Å². The smallest absolute Gasteiger partial charge is 0.224 e. The highest BCUT2D eigenvalue weighted by atomic mass is 16.2. The van der Waals surface area contributed by atoms with Crippen LogP contribution in [0.25, 0.3) is 12.2 Å². The predicted octanol–water partition coefficient (Wildman–Crippen LogP) is 6.91. The Hall–Kier alpha value is -3.66. The predicted molar refractivity (Wildman–Crippen MR) is 148 cm³/mol. The van der Waals surface area contributed by atoms with Crippen LogP contribution in [0.5, 0.6) is 0 Å². The molecule has 0 bridgehead atoms. The topological polar surface area (TPSA) is 58.2 Å². The van der Waals surface area contributed by atoms with Gasteiger partial charge in [0.25, 0.3) is 0 Å². The summed E-state index contributed by atoms with van der Waals surface area (Å²) in [5.74, 6) is -0.0890. The van der Waals surface area contributed by atoms with Crippen molar-refractivity contribution in [2.45, 2.75) is 52.9 Å². The second kappa shape index (κ2) is 16.0. The number of carbonyl (C=O) groups excluding carboxylic acids is 2. The van der Waals surface area contributed by atoms with Crippen molar-refractivity contribution in [2.24, 2.45) is 0 Å². The van der Waals surface area contributed by atoms with E-state index in [0.717, 1.165) is 29.7 Å². The average Bonchev–Trinajstić information content (AvgIpc) is 2.90. The number of hydrogen-bond donors (Lipinski definition) is 2. The van der Waals surface area contributed by atoms with Crippen molar-refractivity contribution in [3.05, 3.63) is 101 Å². The molecule has 0 atom stereocenters. The number of nitrogens with one attached hydrogen (secondary N) is 2. The van der Waals surface area contributed by atoms with E-state index in [2.05, 4.69) is 60.0 Å². The van der Waals surface area contributed by atoms with Crippen molar-refractivity contribution in [2.75, 3.05) is 11.9 Å². The second-order valence-electron chi connectivity index (χ2n) is 8.04. The monoisotopic (exact) mass is 470 g/mol. The van der Waals surface area contributed by atoms with E-state index in [1.807, 2.05) is 62.4 Å². The first-order valence-corrected chi connectivity index (χ1v) is 12.6. The molecule has 184 valence electrons. The van der Waals surface area contributed by atoms with Gasteiger partial charge in [0.05, 0.1) is 0 Å². The Kier molecular flexibility index (Phi) is 12.6. The van der Waals surface area contributed by atoms with Crippen LogP contribution in [-0.2, 0) is 22.4 Å². The maximum atomic E-state index is 12.2. The van der Waals surface area contributed by atoms with Gasteiger partial charge >= 0.3 is 0 Å². The van der Waals surface area contributed by atoms with Crippen LogP contribution < -0.4 is 10.6 Å². The van der Waals surface area contributed by atoms with Crippen LogP contribution in [0.15, 0.2) is 78.9 Å². The van der Waals surface area contributed by atoms with Crippen LogP contribution in [0.1, 0.15) is 62.3 Å². The van der Waals surface area contributed by atoms with Crippen LogP contribution in [0.4, 0.5) is 5.69 Å². The Morgan fingerprint density at radius 3 is 1.91 bits per heavy atom. The van der Waals surface area contributed by atoms with Gasteiger partial charge in [-0.15, -0.1) is 0 Å². The molecule has 3 rings (SSSR count). The first-order valence-electron chi connectivity index (χ1n) is 12.6. The summed E-state index contributed by atoms with van der Waals surface area (Å²) in [5.41, 5.74) is 5.50. The van der Waals surface area contributed by atoms with Crippen LogP contribution in [0.2, 0.25) is 0 Å². The van der Waals surface area contributed by atoms with Crippen molar-refractivity contribution in [3.63, 3.8) is 0 Å².